The average molecular weight is 283 g/mol. The minimum absolute atomic E-state index is 0.117. The number of hydrogen-bond donors (Lipinski definition) is 2. The van der Waals surface area contributed by atoms with Gasteiger partial charge in [0.05, 0.1) is 5.92 Å². The Labute approximate surface area is 120 Å². The number of amides is 2. The zero-order valence-corrected chi connectivity index (χ0v) is 12.4. The lowest BCUT2D eigenvalue weighted by atomic mass is 9.80. The molecule has 6 heteroatoms. The Bertz CT molecular complexity index is 378. The number of nitrogens with one attached hydrogen (secondary N) is 1. The average Bonchev–Trinajstić information content (AvgIpc) is 2.90. The van der Waals surface area contributed by atoms with Crippen molar-refractivity contribution in [2.75, 3.05) is 39.8 Å². The monoisotopic (exact) mass is 283 g/mol. The number of carboxylic acids is 1. The number of rotatable bonds is 3. The molecular weight excluding hydrogens is 258 g/mol. The van der Waals surface area contributed by atoms with Crippen molar-refractivity contribution in [2.45, 2.75) is 26.2 Å². The molecule has 2 N–H and O–H groups in total. The zero-order chi connectivity index (χ0) is 14.8. The van der Waals surface area contributed by atoms with Crippen LogP contribution in [0, 0.1) is 11.3 Å². The van der Waals surface area contributed by atoms with E-state index in [1.807, 2.05) is 0 Å². The number of carbonyl (C=O) groups excluding carboxylic acids is 1. The standard InChI is InChI=1S/C14H25N3O3/c1-14(4-7-16(2)8-5-14)10-15-13(20)17-6-3-11(9-17)12(18)19/h11H,3-10H2,1-2H3,(H,15,20)(H,18,19). The third-order valence-electron chi connectivity index (χ3n) is 4.69. The fourth-order valence-electron chi connectivity index (χ4n) is 2.88. The molecule has 0 aromatic carbocycles. The summed E-state index contributed by atoms with van der Waals surface area (Å²) in [5.74, 6) is -1.21. The van der Waals surface area contributed by atoms with Gasteiger partial charge >= 0.3 is 12.0 Å². The van der Waals surface area contributed by atoms with Gasteiger partial charge < -0.3 is 20.2 Å². The highest BCUT2D eigenvalue weighted by Crippen LogP contribution is 2.29. The molecule has 0 aromatic rings. The van der Waals surface area contributed by atoms with E-state index >= 15 is 0 Å². The van der Waals surface area contributed by atoms with Gasteiger partial charge in [0.15, 0.2) is 0 Å². The molecule has 2 aliphatic heterocycles. The highest BCUT2D eigenvalue weighted by molar-refractivity contribution is 5.77. The lowest BCUT2D eigenvalue weighted by molar-refractivity contribution is -0.141. The summed E-state index contributed by atoms with van der Waals surface area (Å²) in [6.45, 7) is 5.90. The van der Waals surface area contributed by atoms with Crippen LogP contribution in [0.5, 0.6) is 0 Å². The van der Waals surface area contributed by atoms with E-state index in [0.29, 0.717) is 26.1 Å². The molecule has 1 atom stereocenters. The van der Waals surface area contributed by atoms with E-state index in [9.17, 15) is 9.59 Å². The molecular formula is C14H25N3O3. The first-order valence-corrected chi connectivity index (χ1v) is 7.34. The van der Waals surface area contributed by atoms with Gasteiger partial charge in [0, 0.05) is 19.6 Å². The van der Waals surface area contributed by atoms with Gasteiger partial charge in [0.2, 0.25) is 0 Å². The number of aliphatic carboxylic acids is 1. The molecule has 0 saturated carbocycles. The largest absolute Gasteiger partial charge is 0.481 e. The maximum atomic E-state index is 12.1. The van der Waals surface area contributed by atoms with Crippen LogP contribution in [-0.4, -0.2) is 66.7 Å². The first-order chi connectivity index (χ1) is 9.39. The summed E-state index contributed by atoms with van der Waals surface area (Å²) in [5.41, 5.74) is 0.161. The van der Waals surface area contributed by atoms with Gasteiger partial charge in [0.25, 0.3) is 0 Å². The van der Waals surface area contributed by atoms with Crippen molar-refractivity contribution in [1.29, 1.82) is 0 Å². The summed E-state index contributed by atoms with van der Waals surface area (Å²) < 4.78 is 0. The molecule has 2 heterocycles. The number of piperidine rings is 1. The molecule has 2 saturated heterocycles. The van der Waals surface area contributed by atoms with Crippen LogP contribution >= 0.6 is 0 Å². The molecule has 0 bridgehead atoms. The second kappa shape index (κ2) is 5.99. The molecule has 2 rings (SSSR count). The molecule has 2 fully saturated rings. The number of urea groups is 1. The van der Waals surface area contributed by atoms with Gasteiger partial charge in [-0.3, -0.25) is 4.79 Å². The van der Waals surface area contributed by atoms with E-state index < -0.39 is 11.9 Å². The van der Waals surface area contributed by atoms with Gasteiger partial charge in [-0.05, 0) is 44.8 Å². The maximum absolute atomic E-state index is 12.1. The fourth-order valence-corrected chi connectivity index (χ4v) is 2.88. The quantitative estimate of drug-likeness (QED) is 0.805. The van der Waals surface area contributed by atoms with Crippen molar-refractivity contribution < 1.29 is 14.7 Å². The van der Waals surface area contributed by atoms with E-state index in [1.165, 1.54) is 0 Å². The molecule has 0 radical (unpaired) electrons. The predicted octanol–water partition coefficient (Wildman–Crippen LogP) is 0.834. The molecule has 0 spiro atoms. The Kier molecular flexibility index (Phi) is 4.52. The van der Waals surface area contributed by atoms with Gasteiger partial charge in [-0.15, -0.1) is 0 Å². The fraction of sp³-hybridized carbons (Fsp3) is 0.857. The van der Waals surface area contributed by atoms with Crippen LogP contribution in [0.4, 0.5) is 4.79 Å². The van der Waals surface area contributed by atoms with Crippen LogP contribution in [0.1, 0.15) is 26.2 Å². The SMILES string of the molecule is CN1CCC(C)(CNC(=O)N2CCC(C(=O)O)C2)CC1. The Morgan fingerprint density at radius 1 is 1.30 bits per heavy atom. The molecule has 0 aromatic heterocycles. The smallest absolute Gasteiger partial charge is 0.317 e. The predicted molar refractivity (Wildman–Crippen MR) is 75.6 cm³/mol. The van der Waals surface area contributed by atoms with Crippen molar-refractivity contribution in [2.24, 2.45) is 11.3 Å². The molecule has 114 valence electrons. The number of hydrogen-bond acceptors (Lipinski definition) is 3. The van der Waals surface area contributed by atoms with Crippen molar-refractivity contribution in [3.63, 3.8) is 0 Å². The summed E-state index contributed by atoms with van der Waals surface area (Å²) in [6, 6.07) is -0.117. The second-order valence-corrected chi connectivity index (χ2v) is 6.54. The Hall–Kier alpha value is -1.30. The van der Waals surface area contributed by atoms with Gasteiger partial charge in [-0.1, -0.05) is 6.92 Å². The molecule has 1 unspecified atom stereocenters. The van der Waals surface area contributed by atoms with Crippen LogP contribution in [0.15, 0.2) is 0 Å². The minimum atomic E-state index is -0.803. The van der Waals surface area contributed by atoms with Crippen LogP contribution in [0.2, 0.25) is 0 Å². The van der Waals surface area contributed by atoms with Gasteiger partial charge in [-0.25, -0.2) is 4.79 Å². The van der Waals surface area contributed by atoms with Crippen molar-refractivity contribution >= 4 is 12.0 Å². The third kappa shape index (κ3) is 3.62. The summed E-state index contributed by atoms with van der Waals surface area (Å²) in [4.78, 5) is 26.9. The van der Waals surface area contributed by atoms with Crippen molar-refractivity contribution in [1.82, 2.24) is 15.1 Å². The molecule has 6 nitrogen and oxygen atoms in total. The summed E-state index contributed by atoms with van der Waals surface area (Å²) in [7, 11) is 2.12. The van der Waals surface area contributed by atoms with E-state index in [1.54, 1.807) is 4.90 Å². The van der Waals surface area contributed by atoms with Gasteiger partial charge in [0.1, 0.15) is 0 Å². The lowest BCUT2D eigenvalue weighted by Crippen LogP contribution is -2.47. The molecule has 20 heavy (non-hydrogen) atoms. The lowest BCUT2D eigenvalue weighted by Gasteiger charge is -2.38. The Morgan fingerprint density at radius 2 is 1.95 bits per heavy atom. The summed E-state index contributed by atoms with van der Waals surface area (Å²) in [6.07, 6.45) is 2.73. The maximum Gasteiger partial charge on any atom is 0.317 e. The van der Waals surface area contributed by atoms with Gasteiger partial charge in [-0.2, -0.15) is 0 Å². The number of carbonyl (C=O) groups is 2. The van der Waals surface area contributed by atoms with E-state index in [-0.39, 0.29) is 11.4 Å². The molecule has 2 amide bonds. The first-order valence-electron chi connectivity index (χ1n) is 7.34. The zero-order valence-electron chi connectivity index (χ0n) is 12.4. The number of likely N-dealkylation sites (tertiary alicyclic amines) is 2. The van der Waals surface area contributed by atoms with E-state index in [0.717, 1.165) is 25.9 Å². The van der Waals surface area contributed by atoms with Crippen LogP contribution in [-0.2, 0) is 4.79 Å². The minimum Gasteiger partial charge on any atom is -0.481 e. The number of nitrogens with zero attached hydrogens (tertiary/aromatic N) is 2. The topological polar surface area (TPSA) is 72.9 Å². The van der Waals surface area contributed by atoms with Crippen LogP contribution in [0.3, 0.4) is 0 Å². The highest BCUT2D eigenvalue weighted by Gasteiger charge is 2.33. The second-order valence-electron chi connectivity index (χ2n) is 6.54. The van der Waals surface area contributed by atoms with Crippen LogP contribution < -0.4 is 5.32 Å². The van der Waals surface area contributed by atoms with E-state index in [4.69, 9.17) is 5.11 Å². The Morgan fingerprint density at radius 3 is 2.50 bits per heavy atom. The first kappa shape index (κ1) is 15.1. The number of carboxylic acid groups (broad SMARTS) is 1. The van der Waals surface area contributed by atoms with Crippen LogP contribution in [0.25, 0.3) is 0 Å². The highest BCUT2D eigenvalue weighted by atomic mass is 16.4. The summed E-state index contributed by atoms with van der Waals surface area (Å²) >= 11 is 0. The van der Waals surface area contributed by atoms with Crippen molar-refractivity contribution in [3.8, 4) is 0 Å². The normalized spacial score (nSPS) is 26.5. The van der Waals surface area contributed by atoms with E-state index in [2.05, 4.69) is 24.2 Å². The Balaban J connectivity index is 1.77. The van der Waals surface area contributed by atoms with Crippen molar-refractivity contribution in [3.05, 3.63) is 0 Å². The third-order valence-corrected chi connectivity index (χ3v) is 4.69. The molecule has 2 aliphatic rings. The molecule has 0 aliphatic carbocycles. The summed E-state index contributed by atoms with van der Waals surface area (Å²) in [5, 5.41) is 11.9.